The van der Waals surface area contributed by atoms with Crippen LogP contribution in [0.1, 0.15) is 11.1 Å². The highest BCUT2D eigenvalue weighted by atomic mass is 35.5. The smallest absolute Gasteiger partial charge is 0.278 e. The lowest BCUT2D eigenvalue weighted by Gasteiger charge is -2.36. The zero-order valence-electron chi connectivity index (χ0n) is 16.5. The number of carbonyl (C=O) groups excluding carboxylic acids is 2. The van der Waals surface area contributed by atoms with E-state index in [1.165, 1.54) is 4.90 Å². The fourth-order valence-corrected chi connectivity index (χ4v) is 4.01. The molecule has 1 saturated heterocycles. The zero-order chi connectivity index (χ0) is 21.1. The topological polar surface area (TPSA) is 77.0 Å². The van der Waals surface area contributed by atoms with Gasteiger partial charge in [-0.1, -0.05) is 29.8 Å². The number of β-amino-alcohol motifs (C(OH)–C–C–N with tert-alkyl or cyclic N) is 1. The Morgan fingerprint density at radius 1 is 1.00 bits per heavy atom. The second-order valence-corrected chi connectivity index (χ2v) is 7.78. The first-order chi connectivity index (χ1) is 14.6. The number of aromatic nitrogens is 1. The van der Waals surface area contributed by atoms with E-state index < -0.39 is 0 Å². The highest BCUT2D eigenvalue weighted by molar-refractivity contribution is 6.35. The molecule has 0 unspecified atom stereocenters. The van der Waals surface area contributed by atoms with Gasteiger partial charge in [-0.05, 0) is 29.3 Å². The molecule has 3 heterocycles. The number of halogens is 1. The van der Waals surface area contributed by atoms with E-state index in [0.717, 1.165) is 18.7 Å². The Morgan fingerprint density at radius 3 is 2.37 bits per heavy atom. The summed E-state index contributed by atoms with van der Waals surface area (Å²) in [6.45, 7) is 3.57. The molecule has 0 saturated carbocycles. The molecule has 4 rings (SSSR count). The average molecular weight is 427 g/mol. The van der Waals surface area contributed by atoms with Crippen molar-refractivity contribution in [3.05, 3.63) is 70.6 Å². The van der Waals surface area contributed by atoms with Crippen molar-refractivity contribution in [2.75, 3.05) is 39.3 Å². The molecule has 2 aromatic rings. The molecule has 0 atom stereocenters. The molecule has 7 nitrogen and oxygen atoms in total. The molecule has 8 heteroatoms. The van der Waals surface area contributed by atoms with Crippen molar-refractivity contribution in [3.8, 4) is 0 Å². The van der Waals surface area contributed by atoms with Crippen LogP contribution in [0.5, 0.6) is 0 Å². The van der Waals surface area contributed by atoms with E-state index in [4.69, 9.17) is 11.6 Å². The summed E-state index contributed by atoms with van der Waals surface area (Å²) in [5, 5.41) is 9.75. The molecule has 0 bridgehead atoms. The second kappa shape index (κ2) is 8.95. The molecular formula is C22H23ClN4O3. The van der Waals surface area contributed by atoms with Crippen LogP contribution in [0.3, 0.4) is 0 Å². The number of aliphatic hydroxyl groups excluding tert-OH is 1. The molecule has 0 aliphatic carbocycles. The van der Waals surface area contributed by atoms with Crippen LogP contribution in [-0.4, -0.2) is 75.9 Å². The van der Waals surface area contributed by atoms with Gasteiger partial charge in [0.05, 0.1) is 18.7 Å². The van der Waals surface area contributed by atoms with E-state index in [9.17, 15) is 14.7 Å². The van der Waals surface area contributed by atoms with Gasteiger partial charge in [-0.25, -0.2) is 0 Å². The predicted molar refractivity (Wildman–Crippen MR) is 113 cm³/mol. The summed E-state index contributed by atoms with van der Waals surface area (Å²) >= 11 is 6.03. The van der Waals surface area contributed by atoms with E-state index >= 15 is 0 Å². The number of amides is 2. The maximum absolute atomic E-state index is 13.4. The summed E-state index contributed by atoms with van der Waals surface area (Å²) in [4.78, 5) is 36.2. The Kier molecular flexibility index (Phi) is 6.13. The summed E-state index contributed by atoms with van der Waals surface area (Å²) in [6.07, 6.45) is 3.32. The molecule has 30 heavy (non-hydrogen) atoms. The third-order valence-electron chi connectivity index (χ3n) is 5.44. The molecule has 1 aromatic carbocycles. The summed E-state index contributed by atoms with van der Waals surface area (Å²) in [5.74, 6) is -0.594. The Bertz CT molecular complexity index is 954. The number of nitrogens with zero attached hydrogens (tertiary/aromatic N) is 4. The minimum atomic E-state index is -0.307. The lowest BCUT2D eigenvalue weighted by molar-refractivity contribution is -0.138. The predicted octanol–water partition coefficient (Wildman–Crippen LogP) is 1.62. The average Bonchev–Trinajstić information content (AvgIpc) is 3.01. The largest absolute Gasteiger partial charge is 0.395 e. The number of pyridine rings is 1. The van der Waals surface area contributed by atoms with E-state index in [1.54, 1.807) is 42.7 Å². The second-order valence-electron chi connectivity index (χ2n) is 7.34. The van der Waals surface area contributed by atoms with E-state index in [2.05, 4.69) is 9.88 Å². The van der Waals surface area contributed by atoms with Crippen molar-refractivity contribution in [2.45, 2.75) is 6.54 Å². The molecule has 0 radical (unpaired) electrons. The molecule has 1 N–H and O–H groups in total. The Labute approximate surface area is 180 Å². The first-order valence-electron chi connectivity index (χ1n) is 9.92. The van der Waals surface area contributed by atoms with Crippen molar-refractivity contribution < 1.29 is 14.7 Å². The Balaban J connectivity index is 1.67. The Hall–Kier alpha value is -2.74. The fraction of sp³-hybridized carbons (Fsp3) is 0.318. The van der Waals surface area contributed by atoms with Crippen LogP contribution >= 0.6 is 11.6 Å². The molecule has 2 aliphatic rings. The van der Waals surface area contributed by atoms with Crippen molar-refractivity contribution in [3.63, 3.8) is 0 Å². The maximum Gasteiger partial charge on any atom is 0.278 e. The van der Waals surface area contributed by atoms with Crippen LogP contribution < -0.4 is 0 Å². The van der Waals surface area contributed by atoms with Crippen molar-refractivity contribution in [1.82, 2.24) is 19.7 Å². The maximum atomic E-state index is 13.4. The molecule has 156 valence electrons. The van der Waals surface area contributed by atoms with Gasteiger partial charge in [0.1, 0.15) is 5.70 Å². The number of hydrogen-bond donors (Lipinski definition) is 1. The first-order valence-corrected chi connectivity index (χ1v) is 10.3. The summed E-state index contributed by atoms with van der Waals surface area (Å²) in [5.41, 5.74) is 2.33. The van der Waals surface area contributed by atoms with Gasteiger partial charge >= 0.3 is 0 Å². The highest BCUT2D eigenvalue weighted by Crippen LogP contribution is 2.33. The van der Waals surface area contributed by atoms with E-state index in [0.29, 0.717) is 41.5 Å². The first kappa shape index (κ1) is 20.5. The molecule has 1 aromatic heterocycles. The number of aliphatic hydroxyl groups is 1. The van der Waals surface area contributed by atoms with Crippen LogP contribution in [-0.2, 0) is 16.1 Å². The quantitative estimate of drug-likeness (QED) is 0.707. The lowest BCUT2D eigenvalue weighted by atomic mass is 10.0. The molecule has 0 spiro atoms. The van der Waals surface area contributed by atoms with Gasteiger partial charge in [0, 0.05) is 50.1 Å². The minimum absolute atomic E-state index is 0.106. The van der Waals surface area contributed by atoms with E-state index in [-0.39, 0.29) is 25.0 Å². The summed E-state index contributed by atoms with van der Waals surface area (Å²) in [7, 11) is 0. The number of rotatable bonds is 6. The minimum Gasteiger partial charge on any atom is -0.395 e. The normalized spacial score (nSPS) is 17.9. The summed E-state index contributed by atoms with van der Waals surface area (Å²) < 4.78 is 0. The summed E-state index contributed by atoms with van der Waals surface area (Å²) in [6, 6.07) is 10.6. The van der Waals surface area contributed by atoms with Gasteiger partial charge in [0.15, 0.2) is 0 Å². The Morgan fingerprint density at radius 2 is 1.73 bits per heavy atom. The SMILES string of the molecule is O=C1C(c2ccc(Cl)cc2)=C(N2CCN(CCO)CC2)C(=O)N1Cc1cccnc1. The van der Waals surface area contributed by atoms with Crippen LogP contribution in [0, 0.1) is 0 Å². The van der Waals surface area contributed by atoms with E-state index in [1.807, 2.05) is 11.0 Å². The molecule has 2 aliphatic heterocycles. The molecular weight excluding hydrogens is 404 g/mol. The third kappa shape index (κ3) is 4.09. The molecule has 1 fully saturated rings. The van der Waals surface area contributed by atoms with Gasteiger partial charge in [0.25, 0.3) is 11.8 Å². The monoisotopic (exact) mass is 426 g/mol. The van der Waals surface area contributed by atoms with Crippen molar-refractivity contribution in [2.24, 2.45) is 0 Å². The van der Waals surface area contributed by atoms with Gasteiger partial charge in [-0.15, -0.1) is 0 Å². The van der Waals surface area contributed by atoms with Crippen LogP contribution in [0.2, 0.25) is 5.02 Å². The van der Waals surface area contributed by atoms with Crippen LogP contribution in [0.25, 0.3) is 5.57 Å². The lowest BCUT2D eigenvalue weighted by Crippen LogP contribution is -2.48. The number of piperazine rings is 1. The van der Waals surface area contributed by atoms with Crippen LogP contribution in [0.4, 0.5) is 0 Å². The van der Waals surface area contributed by atoms with Gasteiger partial charge in [-0.2, -0.15) is 0 Å². The third-order valence-corrected chi connectivity index (χ3v) is 5.70. The molecule has 2 amide bonds. The van der Waals surface area contributed by atoms with Crippen LogP contribution in [0.15, 0.2) is 54.5 Å². The van der Waals surface area contributed by atoms with Crippen molar-refractivity contribution >= 4 is 29.0 Å². The zero-order valence-corrected chi connectivity index (χ0v) is 17.3. The number of benzene rings is 1. The van der Waals surface area contributed by atoms with Gasteiger partial charge in [-0.3, -0.25) is 24.4 Å². The fourth-order valence-electron chi connectivity index (χ4n) is 3.89. The highest BCUT2D eigenvalue weighted by Gasteiger charge is 2.42. The number of hydrogen-bond acceptors (Lipinski definition) is 6. The standard InChI is InChI=1S/C22H23ClN4O3/c23-18-5-3-17(4-6-18)19-20(26-10-8-25(9-11-26)12-13-28)22(30)27(21(19)29)15-16-2-1-7-24-14-16/h1-7,14,28H,8-13,15H2. The van der Waals surface area contributed by atoms with Gasteiger partial charge in [0.2, 0.25) is 0 Å². The number of carbonyl (C=O) groups is 2. The van der Waals surface area contributed by atoms with Crippen molar-refractivity contribution in [1.29, 1.82) is 0 Å². The van der Waals surface area contributed by atoms with Gasteiger partial charge < -0.3 is 10.0 Å². The number of imide groups is 1.